The van der Waals surface area contributed by atoms with Crippen LogP contribution in [-0.2, 0) is 12.8 Å². The number of nitrogens with one attached hydrogen (secondary N) is 2. The fourth-order valence-corrected chi connectivity index (χ4v) is 3.05. The van der Waals surface area contributed by atoms with Crippen molar-refractivity contribution in [1.29, 1.82) is 0 Å². The van der Waals surface area contributed by atoms with Crippen LogP contribution in [0, 0.1) is 0 Å². The molecule has 21 heavy (non-hydrogen) atoms. The summed E-state index contributed by atoms with van der Waals surface area (Å²) < 4.78 is 0. The Labute approximate surface area is 126 Å². The Bertz CT molecular complexity index is 551. The van der Waals surface area contributed by atoms with E-state index >= 15 is 0 Å². The van der Waals surface area contributed by atoms with Crippen molar-refractivity contribution in [3.8, 4) is 11.4 Å². The fourth-order valence-electron chi connectivity index (χ4n) is 3.05. The lowest BCUT2D eigenvalue weighted by Crippen LogP contribution is -2.31. The number of aromatic nitrogens is 4. The van der Waals surface area contributed by atoms with E-state index in [9.17, 15) is 0 Å². The lowest BCUT2D eigenvalue weighted by Gasteiger charge is -2.26. The van der Waals surface area contributed by atoms with E-state index in [1.807, 2.05) is 12.4 Å². The molecule has 0 spiro atoms. The highest BCUT2D eigenvalue weighted by atomic mass is 15.1. The number of rotatable bonds is 6. The highest BCUT2D eigenvalue weighted by Gasteiger charge is 2.14. The van der Waals surface area contributed by atoms with Gasteiger partial charge in [0, 0.05) is 30.6 Å². The molecule has 0 bridgehead atoms. The molecule has 0 radical (unpaired) electrons. The van der Waals surface area contributed by atoms with Crippen LogP contribution in [-0.4, -0.2) is 44.7 Å². The average Bonchev–Trinajstić information content (AvgIpc) is 3.15. The fraction of sp³-hybridized carbons (Fsp3) is 0.625. The molecule has 2 N–H and O–H groups in total. The second-order valence-electron chi connectivity index (χ2n) is 5.92. The largest absolute Gasteiger partial charge is 0.342 e. The standard InChI is InChI=1S/C16H25N5/c1-2-6-13-11-17-16(19-13)14-12-18-20-15(14)7-10-21-8-4-3-5-9-21/h11-12H,2-10H2,1H3,(H,17,19)(H,18,20). The molecule has 1 fully saturated rings. The molecule has 2 aromatic rings. The minimum atomic E-state index is 0.945. The number of piperidine rings is 1. The van der Waals surface area contributed by atoms with Crippen LogP contribution in [0.2, 0.25) is 0 Å². The van der Waals surface area contributed by atoms with Crippen LogP contribution in [0.15, 0.2) is 12.4 Å². The van der Waals surface area contributed by atoms with Gasteiger partial charge in [0.25, 0.3) is 0 Å². The molecule has 1 aliphatic heterocycles. The average molecular weight is 287 g/mol. The number of nitrogens with zero attached hydrogens (tertiary/aromatic N) is 3. The van der Waals surface area contributed by atoms with Gasteiger partial charge in [0.05, 0.1) is 11.8 Å². The maximum atomic E-state index is 4.50. The van der Waals surface area contributed by atoms with Crippen molar-refractivity contribution in [2.45, 2.75) is 45.4 Å². The molecule has 0 aliphatic carbocycles. The van der Waals surface area contributed by atoms with Crippen molar-refractivity contribution in [2.75, 3.05) is 19.6 Å². The molecular weight excluding hydrogens is 262 g/mol. The summed E-state index contributed by atoms with van der Waals surface area (Å²) in [6.45, 7) is 5.77. The summed E-state index contributed by atoms with van der Waals surface area (Å²) in [6, 6.07) is 0. The molecular formula is C16H25N5. The van der Waals surface area contributed by atoms with Gasteiger partial charge in [-0.05, 0) is 32.4 Å². The number of hydrogen-bond acceptors (Lipinski definition) is 3. The molecule has 0 amide bonds. The number of imidazole rings is 1. The molecule has 5 heteroatoms. The van der Waals surface area contributed by atoms with E-state index in [0.717, 1.165) is 37.2 Å². The topological polar surface area (TPSA) is 60.6 Å². The summed E-state index contributed by atoms with van der Waals surface area (Å²) in [5.41, 5.74) is 3.52. The summed E-state index contributed by atoms with van der Waals surface area (Å²) in [4.78, 5) is 10.5. The zero-order chi connectivity index (χ0) is 14.5. The number of aryl methyl sites for hydroxylation is 1. The Balaban J connectivity index is 1.65. The van der Waals surface area contributed by atoms with Gasteiger partial charge in [-0.1, -0.05) is 19.8 Å². The predicted molar refractivity (Wildman–Crippen MR) is 84.2 cm³/mol. The van der Waals surface area contributed by atoms with Gasteiger partial charge < -0.3 is 9.88 Å². The second kappa shape index (κ2) is 6.89. The van der Waals surface area contributed by atoms with Crippen LogP contribution in [0.5, 0.6) is 0 Å². The van der Waals surface area contributed by atoms with Gasteiger partial charge in [0.15, 0.2) is 0 Å². The van der Waals surface area contributed by atoms with E-state index < -0.39 is 0 Å². The van der Waals surface area contributed by atoms with E-state index in [1.165, 1.54) is 43.7 Å². The third-order valence-corrected chi connectivity index (χ3v) is 4.25. The van der Waals surface area contributed by atoms with E-state index in [4.69, 9.17) is 0 Å². The van der Waals surface area contributed by atoms with Crippen molar-refractivity contribution in [3.05, 3.63) is 23.8 Å². The maximum Gasteiger partial charge on any atom is 0.140 e. The van der Waals surface area contributed by atoms with Gasteiger partial charge in [0.2, 0.25) is 0 Å². The number of aromatic amines is 2. The molecule has 0 saturated carbocycles. The van der Waals surface area contributed by atoms with Crippen LogP contribution in [0.1, 0.15) is 44.0 Å². The molecule has 1 aliphatic rings. The number of likely N-dealkylation sites (tertiary alicyclic amines) is 1. The smallest absolute Gasteiger partial charge is 0.140 e. The highest BCUT2D eigenvalue weighted by molar-refractivity contribution is 5.57. The summed E-state index contributed by atoms with van der Waals surface area (Å²) in [5.74, 6) is 0.945. The van der Waals surface area contributed by atoms with E-state index in [2.05, 4.69) is 32.0 Å². The number of H-pyrrole nitrogens is 2. The molecule has 0 aromatic carbocycles. The van der Waals surface area contributed by atoms with Crippen LogP contribution in [0.3, 0.4) is 0 Å². The molecule has 0 unspecified atom stereocenters. The van der Waals surface area contributed by atoms with Gasteiger partial charge in [-0.2, -0.15) is 5.10 Å². The first kappa shape index (κ1) is 14.3. The third-order valence-electron chi connectivity index (χ3n) is 4.25. The predicted octanol–water partition coefficient (Wildman–Crippen LogP) is 2.78. The van der Waals surface area contributed by atoms with E-state index in [0.29, 0.717) is 0 Å². The quantitative estimate of drug-likeness (QED) is 0.859. The van der Waals surface area contributed by atoms with Crippen LogP contribution in [0.4, 0.5) is 0 Å². The van der Waals surface area contributed by atoms with Crippen LogP contribution < -0.4 is 0 Å². The monoisotopic (exact) mass is 287 g/mol. The minimum Gasteiger partial charge on any atom is -0.342 e. The van der Waals surface area contributed by atoms with Crippen molar-refractivity contribution >= 4 is 0 Å². The van der Waals surface area contributed by atoms with Crippen molar-refractivity contribution in [3.63, 3.8) is 0 Å². The first-order valence-corrected chi connectivity index (χ1v) is 8.15. The third kappa shape index (κ3) is 3.53. The van der Waals surface area contributed by atoms with Gasteiger partial charge in [-0.3, -0.25) is 5.10 Å². The lowest BCUT2D eigenvalue weighted by molar-refractivity contribution is 0.231. The van der Waals surface area contributed by atoms with Crippen LogP contribution >= 0.6 is 0 Å². The van der Waals surface area contributed by atoms with Gasteiger partial charge in [0.1, 0.15) is 5.82 Å². The zero-order valence-electron chi connectivity index (χ0n) is 12.9. The normalized spacial score (nSPS) is 16.4. The molecule has 0 atom stereocenters. The minimum absolute atomic E-state index is 0.945. The van der Waals surface area contributed by atoms with Gasteiger partial charge >= 0.3 is 0 Å². The SMILES string of the molecule is CCCc1cnc(-c2cn[nH]c2CCN2CCCCC2)[nH]1. The Morgan fingerprint density at radius 1 is 1.14 bits per heavy atom. The Morgan fingerprint density at radius 3 is 2.81 bits per heavy atom. The molecule has 3 heterocycles. The molecule has 3 rings (SSSR count). The zero-order valence-corrected chi connectivity index (χ0v) is 12.9. The maximum absolute atomic E-state index is 4.50. The molecule has 2 aromatic heterocycles. The van der Waals surface area contributed by atoms with E-state index in [1.54, 1.807) is 0 Å². The Hall–Kier alpha value is -1.62. The van der Waals surface area contributed by atoms with Crippen molar-refractivity contribution < 1.29 is 0 Å². The molecule has 1 saturated heterocycles. The van der Waals surface area contributed by atoms with Crippen LogP contribution in [0.25, 0.3) is 11.4 Å². The summed E-state index contributed by atoms with van der Waals surface area (Å²) in [6.07, 6.45) is 11.1. The first-order valence-electron chi connectivity index (χ1n) is 8.15. The Kier molecular flexibility index (Phi) is 4.70. The Morgan fingerprint density at radius 2 is 2.00 bits per heavy atom. The van der Waals surface area contributed by atoms with E-state index in [-0.39, 0.29) is 0 Å². The molecule has 5 nitrogen and oxygen atoms in total. The summed E-state index contributed by atoms with van der Waals surface area (Å²) >= 11 is 0. The molecule has 114 valence electrons. The van der Waals surface area contributed by atoms with Gasteiger partial charge in [-0.25, -0.2) is 4.98 Å². The first-order chi connectivity index (χ1) is 10.4. The number of hydrogen-bond donors (Lipinski definition) is 2. The van der Waals surface area contributed by atoms with Gasteiger partial charge in [-0.15, -0.1) is 0 Å². The summed E-state index contributed by atoms with van der Waals surface area (Å²) in [7, 11) is 0. The second-order valence-corrected chi connectivity index (χ2v) is 5.92. The highest BCUT2D eigenvalue weighted by Crippen LogP contribution is 2.20. The lowest BCUT2D eigenvalue weighted by atomic mass is 10.1. The summed E-state index contributed by atoms with van der Waals surface area (Å²) in [5, 5.41) is 7.36. The van der Waals surface area contributed by atoms with Crippen molar-refractivity contribution in [1.82, 2.24) is 25.1 Å². The van der Waals surface area contributed by atoms with Crippen molar-refractivity contribution in [2.24, 2.45) is 0 Å².